The zero-order valence-electron chi connectivity index (χ0n) is 17.8. The molecule has 2 heterocycles. The van der Waals surface area contributed by atoms with Gasteiger partial charge in [0.15, 0.2) is 0 Å². The molecule has 170 valence electrons. The third kappa shape index (κ3) is 5.24. The summed E-state index contributed by atoms with van der Waals surface area (Å²) in [7, 11) is 0. The molecule has 0 aromatic heterocycles. The minimum atomic E-state index is -0.721. The smallest absolute Gasteiger partial charge is 0.256 e. The van der Waals surface area contributed by atoms with Crippen LogP contribution in [0.3, 0.4) is 0 Å². The van der Waals surface area contributed by atoms with Crippen molar-refractivity contribution in [2.45, 2.75) is 12.8 Å². The van der Waals surface area contributed by atoms with E-state index in [0.717, 1.165) is 31.0 Å². The third-order valence-electron chi connectivity index (χ3n) is 5.85. The largest absolute Gasteiger partial charge is 0.493 e. The molecular formula is C24H26F2N2O4. The number of amides is 2. The molecule has 4 rings (SSSR count). The summed E-state index contributed by atoms with van der Waals surface area (Å²) < 4.78 is 38.6. The van der Waals surface area contributed by atoms with E-state index in [1.807, 2.05) is 0 Å². The first-order chi connectivity index (χ1) is 15.5. The first kappa shape index (κ1) is 22.2. The van der Waals surface area contributed by atoms with Gasteiger partial charge < -0.3 is 19.3 Å². The van der Waals surface area contributed by atoms with Gasteiger partial charge in [-0.15, -0.1) is 0 Å². The predicted octanol–water partition coefficient (Wildman–Crippen LogP) is 3.37. The van der Waals surface area contributed by atoms with Crippen molar-refractivity contribution in [3.05, 3.63) is 65.2 Å². The SMILES string of the molecule is O=C(c1ccc(OC[C@H]2CCCN(C(=O)c3cc(F)ccc3F)C2)cc1)N1CCOCC1. The quantitative estimate of drug-likeness (QED) is 0.710. The lowest BCUT2D eigenvalue weighted by atomic mass is 9.98. The van der Waals surface area contributed by atoms with Gasteiger partial charge >= 0.3 is 0 Å². The van der Waals surface area contributed by atoms with Gasteiger partial charge in [0.2, 0.25) is 0 Å². The molecule has 2 aliphatic rings. The van der Waals surface area contributed by atoms with E-state index >= 15 is 0 Å². The van der Waals surface area contributed by atoms with Crippen LogP contribution in [0.15, 0.2) is 42.5 Å². The molecule has 8 heteroatoms. The van der Waals surface area contributed by atoms with Gasteiger partial charge in [0.05, 0.1) is 25.4 Å². The predicted molar refractivity (Wildman–Crippen MR) is 114 cm³/mol. The molecule has 6 nitrogen and oxygen atoms in total. The van der Waals surface area contributed by atoms with Crippen LogP contribution >= 0.6 is 0 Å². The summed E-state index contributed by atoms with van der Waals surface area (Å²) in [5.41, 5.74) is 0.359. The van der Waals surface area contributed by atoms with Gasteiger partial charge in [0.25, 0.3) is 11.8 Å². The molecule has 0 unspecified atom stereocenters. The number of carbonyl (C=O) groups is 2. The monoisotopic (exact) mass is 444 g/mol. The number of likely N-dealkylation sites (tertiary alicyclic amines) is 1. The standard InChI is InChI=1S/C24H26F2N2O4/c25-19-5-8-22(26)21(14-19)24(30)28-9-1-2-17(15-28)16-32-20-6-3-18(4-7-20)23(29)27-10-12-31-13-11-27/h3-8,14,17H,1-2,9-13,15-16H2/t17-/m0/s1. The molecule has 2 fully saturated rings. The maximum atomic E-state index is 14.0. The lowest BCUT2D eigenvalue weighted by Gasteiger charge is -2.32. The highest BCUT2D eigenvalue weighted by Crippen LogP contribution is 2.22. The zero-order chi connectivity index (χ0) is 22.5. The Morgan fingerprint density at radius 1 is 0.969 bits per heavy atom. The van der Waals surface area contributed by atoms with Crippen LogP contribution in [0.2, 0.25) is 0 Å². The minimum absolute atomic E-state index is 0.0223. The number of hydrogen-bond acceptors (Lipinski definition) is 4. The molecule has 0 N–H and O–H groups in total. The number of benzene rings is 2. The van der Waals surface area contributed by atoms with E-state index in [-0.39, 0.29) is 17.4 Å². The average molecular weight is 444 g/mol. The molecule has 0 aliphatic carbocycles. The van der Waals surface area contributed by atoms with E-state index in [1.54, 1.807) is 34.1 Å². The van der Waals surface area contributed by atoms with Crippen LogP contribution in [-0.2, 0) is 4.74 Å². The second kappa shape index (κ2) is 10.1. The fraction of sp³-hybridized carbons (Fsp3) is 0.417. The average Bonchev–Trinajstić information content (AvgIpc) is 2.84. The van der Waals surface area contributed by atoms with Crippen LogP contribution in [0.1, 0.15) is 33.6 Å². The van der Waals surface area contributed by atoms with Crippen molar-refractivity contribution in [2.75, 3.05) is 46.0 Å². The number of nitrogens with zero attached hydrogens (tertiary/aromatic N) is 2. The topological polar surface area (TPSA) is 59.1 Å². The first-order valence-electron chi connectivity index (χ1n) is 10.9. The Hall–Kier alpha value is -3.00. The fourth-order valence-corrected chi connectivity index (χ4v) is 4.07. The van der Waals surface area contributed by atoms with E-state index in [1.165, 1.54) is 0 Å². The molecular weight excluding hydrogens is 418 g/mol. The summed E-state index contributed by atoms with van der Waals surface area (Å²) in [5.74, 6) is -1.16. The van der Waals surface area contributed by atoms with Gasteiger partial charge in [-0.3, -0.25) is 9.59 Å². The van der Waals surface area contributed by atoms with Crippen LogP contribution in [0.25, 0.3) is 0 Å². The third-order valence-corrected chi connectivity index (χ3v) is 5.85. The zero-order valence-corrected chi connectivity index (χ0v) is 17.8. The van der Waals surface area contributed by atoms with Crippen molar-refractivity contribution >= 4 is 11.8 Å². The maximum Gasteiger partial charge on any atom is 0.256 e. The Balaban J connectivity index is 1.31. The normalized spacial score (nSPS) is 19.0. The van der Waals surface area contributed by atoms with Gasteiger partial charge in [-0.1, -0.05) is 0 Å². The van der Waals surface area contributed by atoms with Gasteiger partial charge in [-0.2, -0.15) is 0 Å². The Morgan fingerprint density at radius 2 is 1.72 bits per heavy atom. The lowest BCUT2D eigenvalue weighted by Crippen LogP contribution is -2.42. The van der Waals surface area contributed by atoms with E-state index in [2.05, 4.69) is 0 Å². The maximum absolute atomic E-state index is 14.0. The summed E-state index contributed by atoms with van der Waals surface area (Å²) in [5, 5.41) is 0. The Labute approximate surface area is 185 Å². The van der Waals surface area contributed by atoms with E-state index in [4.69, 9.17) is 9.47 Å². The molecule has 2 aromatic rings. The summed E-state index contributed by atoms with van der Waals surface area (Å²) in [6, 6.07) is 9.94. The molecule has 2 aromatic carbocycles. The highest BCUT2D eigenvalue weighted by molar-refractivity contribution is 5.95. The van der Waals surface area contributed by atoms with Crippen molar-refractivity contribution in [3.8, 4) is 5.75 Å². The summed E-state index contributed by atoms with van der Waals surface area (Å²) >= 11 is 0. The second-order valence-electron chi connectivity index (χ2n) is 8.12. The number of carbonyl (C=O) groups excluding carboxylic acids is 2. The van der Waals surface area contributed by atoms with Gasteiger partial charge in [0, 0.05) is 37.7 Å². The molecule has 0 radical (unpaired) electrons. The Kier molecular flexibility index (Phi) is 6.99. The van der Waals surface area contributed by atoms with Crippen LogP contribution in [0.5, 0.6) is 5.75 Å². The highest BCUT2D eigenvalue weighted by atomic mass is 19.1. The number of hydrogen-bond donors (Lipinski definition) is 0. The van der Waals surface area contributed by atoms with E-state index < -0.39 is 17.5 Å². The molecule has 1 atom stereocenters. The van der Waals surface area contributed by atoms with Gasteiger partial charge in [-0.05, 0) is 55.3 Å². The first-order valence-corrected chi connectivity index (χ1v) is 10.9. The Morgan fingerprint density at radius 3 is 2.47 bits per heavy atom. The Bertz CT molecular complexity index is 961. The molecule has 2 amide bonds. The van der Waals surface area contributed by atoms with Crippen molar-refractivity contribution in [2.24, 2.45) is 5.92 Å². The molecule has 0 spiro atoms. The number of halogens is 2. The van der Waals surface area contributed by atoms with Crippen LogP contribution in [0, 0.1) is 17.6 Å². The summed E-state index contributed by atoms with van der Waals surface area (Å²) in [6.45, 7) is 3.61. The highest BCUT2D eigenvalue weighted by Gasteiger charge is 2.27. The van der Waals surface area contributed by atoms with Crippen molar-refractivity contribution in [1.29, 1.82) is 0 Å². The van der Waals surface area contributed by atoms with Crippen LogP contribution < -0.4 is 4.74 Å². The summed E-state index contributed by atoms with van der Waals surface area (Å²) in [4.78, 5) is 28.5. The van der Waals surface area contributed by atoms with E-state index in [9.17, 15) is 18.4 Å². The molecule has 0 bridgehead atoms. The van der Waals surface area contributed by atoms with Crippen LogP contribution in [-0.4, -0.2) is 67.6 Å². The minimum Gasteiger partial charge on any atom is -0.493 e. The number of morpholine rings is 1. The van der Waals surface area contributed by atoms with Gasteiger partial charge in [-0.25, -0.2) is 8.78 Å². The second-order valence-corrected chi connectivity index (χ2v) is 8.12. The van der Waals surface area contributed by atoms with Crippen molar-refractivity contribution < 1.29 is 27.8 Å². The number of piperidine rings is 1. The molecule has 0 saturated carbocycles. The van der Waals surface area contributed by atoms with Crippen molar-refractivity contribution in [3.63, 3.8) is 0 Å². The number of rotatable bonds is 5. The summed E-state index contributed by atoms with van der Waals surface area (Å²) in [6.07, 6.45) is 1.65. The van der Waals surface area contributed by atoms with Crippen molar-refractivity contribution in [1.82, 2.24) is 9.80 Å². The molecule has 2 aliphatic heterocycles. The van der Waals surface area contributed by atoms with E-state index in [0.29, 0.717) is 57.3 Å². The fourth-order valence-electron chi connectivity index (χ4n) is 4.07. The van der Waals surface area contributed by atoms with Crippen LogP contribution in [0.4, 0.5) is 8.78 Å². The van der Waals surface area contributed by atoms with Gasteiger partial charge in [0.1, 0.15) is 17.4 Å². The molecule has 2 saturated heterocycles. The lowest BCUT2D eigenvalue weighted by molar-refractivity contribution is 0.0303. The molecule has 32 heavy (non-hydrogen) atoms. The number of ether oxygens (including phenoxy) is 2.